The molecule has 3 rings (SSSR count). The number of carbonyl (C=O) groups is 1. The number of nitro benzene ring substituents is 1. The highest BCUT2D eigenvalue weighted by atomic mass is 35.5. The quantitative estimate of drug-likeness (QED) is 0.291. The van der Waals surface area contributed by atoms with Crippen molar-refractivity contribution in [3.63, 3.8) is 0 Å². The van der Waals surface area contributed by atoms with Crippen LogP contribution in [0.15, 0.2) is 30.7 Å². The van der Waals surface area contributed by atoms with E-state index in [1.54, 1.807) is 6.20 Å². The molecule has 0 bridgehead atoms. The molecule has 0 radical (unpaired) electrons. The van der Waals surface area contributed by atoms with Crippen molar-refractivity contribution in [2.75, 3.05) is 7.11 Å². The van der Waals surface area contributed by atoms with Gasteiger partial charge in [0.1, 0.15) is 17.1 Å². The van der Waals surface area contributed by atoms with Gasteiger partial charge in [-0.25, -0.2) is 9.97 Å². The molecule has 26 heavy (non-hydrogen) atoms. The second kappa shape index (κ2) is 6.72. The van der Waals surface area contributed by atoms with Crippen molar-refractivity contribution in [1.29, 1.82) is 0 Å². The number of aromatic nitrogens is 3. The van der Waals surface area contributed by atoms with Gasteiger partial charge in [0.15, 0.2) is 11.5 Å². The van der Waals surface area contributed by atoms with Crippen LogP contribution < -0.4 is 4.74 Å². The second-order valence-corrected chi connectivity index (χ2v) is 6.24. The highest BCUT2D eigenvalue weighted by Crippen LogP contribution is 2.32. The molecular formula is C17H15ClN4O4. The van der Waals surface area contributed by atoms with Gasteiger partial charge < -0.3 is 9.30 Å². The van der Waals surface area contributed by atoms with Crippen LogP contribution in [0, 0.1) is 10.1 Å². The van der Waals surface area contributed by atoms with Crippen LogP contribution in [-0.2, 0) is 0 Å². The van der Waals surface area contributed by atoms with Crippen molar-refractivity contribution >= 4 is 34.1 Å². The Balaban J connectivity index is 2.20. The molecular weight excluding hydrogens is 360 g/mol. The highest BCUT2D eigenvalue weighted by Gasteiger charge is 2.24. The van der Waals surface area contributed by atoms with E-state index in [2.05, 4.69) is 9.97 Å². The summed E-state index contributed by atoms with van der Waals surface area (Å²) in [6, 6.07) is 4.10. The number of hydrogen-bond acceptors (Lipinski definition) is 6. The van der Waals surface area contributed by atoms with E-state index in [-0.39, 0.29) is 28.2 Å². The number of ketones is 1. The lowest BCUT2D eigenvalue weighted by molar-refractivity contribution is -0.385. The van der Waals surface area contributed by atoms with Crippen LogP contribution in [0.2, 0.25) is 5.15 Å². The number of carbonyl (C=O) groups excluding carboxylic acids is 1. The smallest absolute Gasteiger partial charge is 0.311 e. The van der Waals surface area contributed by atoms with Gasteiger partial charge in [0.25, 0.3) is 0 Å². The van der Waals surface area contributed by atoms with Crippen molar-refractivity contribution in [2.45, 2.75) is 19.9 Å². The maximum absolute atomic E-state index is 13.0. The zero-order valence-electron chi connectivity index (χ0n) is 14.3. The topological polar surface area (TPSA) is 100 Å². The van der Waals surface area contributed by atoms with Gasteiger partial charge in [0, 0.05) is 23.9 Å². The molecule has 0 N–H and O–H groups in total. The zero-order valence-corrected chi connectivity index (χ0v) is 15.0. The molecule has 3 aromatic rings. The van der Waals surface area contributed by atoms with Crippen molar-refractivity contribution in [3.05, 3.63) is 57.1 Å². The lowest BCUT2D eigenvalue weighted by Gasteiger charge is -2.07. The minimum Gasteiger partial charge on any atom is -0.490 e. The van der Waals surface area contributed by atoms with Crippen molar-refractivity contribution < 1.29 is 14.5 Å². The average molecular weight is 375 g/mol. The average Bonchev–Trinajstić information content (AvgIpc) is 3.01. The third-order valence-electron chi connectivity index (χ3n) is 4.00. The van der Waals surface area contributed by atoms with Crippen molar-refractivity contribution in [2.24, 2.45) is 0 Å². The molecule has 0 spiro atoms. The molecule has 0 unspecified atom stereocenters. The lowest BCUT2D eigenvalue weighted by Crippen LogP contribution is -2.03. The fourth-order valence-corrected chi connectivity index (χ4v) is 2.97. The summed E-state index contributed by atoms with van der Waals surface area (Å²) in [4.78, 5) is 31.8. The molecule has 2 heterocycles. The fourth-order valence-electron chi connectivity index (χ4n) is 2.74. The first-order valence-corrected chi connectivity index (χ1v) is 8.11. The van der Waals surface area contributed by atoms with Crippen LogP contribution in [0.25, 0.3) is 11.0 Å². The van der Waals surface area contributed by atoms with Gasteiger partial charge >= 0.3 is 5.69 Å². The predicted molar refractivity (Wildman–Crippen MR) is 96.0 cm³/mol. The Bertz CT molecular complexity index is 1030. The highest BCUT2D eigenvalue weighted by molar-refractivity contribution is 6.36. The number of fused-ring (bicyclic) bond motifs is 1. The molecule has 0 saturated carbocycles. The van der Waals surface area contributed by atoms with Crippen LogP contribution in [0.3, 0.4) is 0 Å². The van der Waals surface area contributed by atoms with E-state index in [9.17, 15) is 14.9 Å². The van der Waals surface area contributed by atoms with Gasteiger partial charge in [-0.3, -0.25) is 14.9 Å². The first-order chi connectivity index (χ1) is 12.3. The van der Waals surface area contributed by atoms with E-state index in [4.69, 9.17) is 16.3 Å². The summed E-state index contributed by atoms with van der Waals surface area (Å²) in [6.07, 6.45) is 2.98. The third-order valence-corrected chi connectivity index (χ3v) is 4.29. The van der Waals surface area contributed by atoms with Crippen LogP contribution in [0.4, 0.5) is 5.69 Å². The van der Waals surface area contributed by atoms with Gasteiger partial charge in [0.2, 0.25) is 0 Å². The molecule has 134 valence electrons. The number of hydrogen-bond donors (Lipinski definition) is 0. The van der Waals surface area contributed by atoms with Crippen LogP contribution in [0.5, 0.6) is 5.75 Å². The Labute approximate surface area is 153 Å². The Kier molecular flexibility index (Phi) is 4.60. The van der Waals surface area contributed by atoms with Crippen LogP contribution >= 0.6 is 11.6 Å². The van der Waals surface area contributed by atoms with Crippen LogP contribution in [0.1, 0.15) is 35.8 Å². The minimum absolute atomic E-state index is 0.0372. The van der Waals surface area contributed by atoms with E-state index in [0.717, 1.165) is 0 Å². The molecule has 0 aliphatic rings. The summed E-state index contributed by atoms with van der Waals surface area (Å²) in [5, 5.41) is 11.8. The first kappa shape index (κ1) is 17.8. The van der Waals surface area contributed by atoms with Gasteiger partial charge in [-0.2, -0.15) is 0 Å². The zero-order chi connectivity index (χ0) is 19.0. The standard InChI is InChI=1S/C17H15ClN4O4/c1-9(2)21-7-11(14-16(18)19-8-20-17(14)21)15(23)10-4-5-13(26-3)12(6-10)22(24)25/h4-9H,1-3H3. The number of rotatable bonds is 5. The molecule has 0 fully saturated rings. The molecule has 0 amide bonds. The van der Waals surface area contributed by atoms with Gasteiger partial charge in [-0.1, -0.05) is 11.6 Å². The molecule has 0 atom stereocenters. The molecule has 0 aliphatic carbocycles. The number of methoxy groups -OCH3 is 1. The lowest BCUT2D eigenvalue weighted by atomic mass is 10.0. The number of nitro groups is 1. The number of halogens is 1. The maximum atomic E-state index is 13.0. The Hall–Kier alpha value is -3.00. The van der Waals surface area contributed by atoms with E-state index in [1.807, 2.05) is 18.4 Å². The van der Waals surface area contributed by atoms with Crippen LogP contribution in [-0.4, -0.2) is 32.4 Å². The van der Waals surface area contributed by atoms with E-state index in [0.29, 0.717) is 16.6 Å². The SMILES string of the molecule is COc1ccc(C(=O)c2cn(C(C)C)c3ncnc(Cl)c23)cc1[N+](=O)[O-]. The van der Waals surface area contributed by atoms with Gasteiger partial charge in [-0.15, -0.1) is 0 Å². The molecule has 0 aliphatic heterocycles. The molecule has 8 nitrogen and oxygen atoms in total. The number of nitrogens with zero attached hydrogens (tertiary/aromatic N) is 4. The number of ether oxygens (including phenoxy) is 1. The van der Waals surface area contributed by atoms with Gasteiger partial charge in [0.05, 0.1) is 23.0 Å². The monoisotopic (exact) mass is 374 g/mol. The summed E-state index contributed by atoms with van der Waals surface area (Å²) >= 11 is 6.20. The minimum atomic E-state index is -0.594. The first-order valence-electron chi connectivity index (χ1n) is 7.73. The summed E-state index contributed by atoms with van der Waals surface area (Å²) in [6.45, 7) is 3.89. The fraction of sp³-hybridized carbons (Fsp3) is 0.235. The van der Waals surface area contributed by atoms with E-state index in [1.165, 1.54) is 31.6 Å². The van der Waals surface area contributed by atoms with E-state index < -0.39 is 10.7 Å². The summed E-state index contributed by atoms with van der Waals surface area (Å²) in [5.74, 6) is -0.325. The molecule has 0 saturated heterocycles. The van der Waals surface area contributed by atoms with Crippen molar-refractivity contribution in [1.82, 2.24) is 14.5 Å². The molecule has 1 aromatic carbocycles. The molecule has 9 heteroatoms. The third kappa shape index (κ3) is 2.88. The predicted octanol–water partition coefficient (Wildman–Crippen LogP) is 3.81. The Morgan fingerprint density at radius 1 is 1.35 bits per heavy atom. The molecule has 2 aromatic heterocycles. The second-order valence-electron chi connectivity index (χ2n) is 5.88. The van der Waals surface area contributed by atoms with Crippen molar-refractivity contribution in [3.8, 4) is 5.75 Å². The number of benzene rings is 1. The summed E-state index contributed by atoms with van der Waals surface area (Å²) < 4.78 is 6.79. The van der Waals surface area contributed by atoms with Gasteiger partial charge in [-0.05, 0) is 26.0 Å². The summed E-state index contributed by atoms with van der Waals surface area (Å²) in [5.41, 5.74) is 0.693. The Morgan fingerprint density at radius 2 is 2.08 bits per heavy atom. The normalized spacial score (nSPS) is 11.1. The largest absolute Gasteiger partial charge is 0.490 e. The van der Waals surface area contributed by atoms with E-state index >= 15 is 0 Å². The summed E-state index contributed by atoms with van der Waals surface area (Å²) in [7, 11) is 1.33. The maximum Gasteiger partial charge on any atom is 0.311 e. The Morgan fingerprint density at radius 3 is 2.69 bits per heavy atom.